The van der Waals surface area contributed by atoms with E-state index in [-0.39, 0.29) is 36.1 Å². The van der Waals surface area contributed by atoms with Crippen molar-refractivity contribution >= 4 is 18.7 Å². The number of aliphatic hydroxyl groups excluding tert-OH is 1. The van der Waals surface area contributed by atoms with E-state index in [4.69, 9.17) is 13.9 Å². The van der Waals surface area contributed by atoms with Gasteiger partial charge in [0.25, 0.3) is 8.32 Å². The van der Waals surface area contributed by atoms with Gasteiger partial charge in [0, 0.05) is 13.0 Å². The Hall–Kier alpha value is -1.50. The molecule has 0 radical (unpaired) electrons. The standard InChI is InChI=1S/C25H34O4Si/c1-25(2,3)30(19-11-6-4-7-12-19,20-13-8-5-9-14-20)29-21-15-10-16-27-22(21)17-23-24(18-26)28-23/h4-9,11-14,21-24,26H,10,15-18H2,1-3H3/t21-,22+,23+,24+/m1/s1. The third-order valence-electron chi connectivity index (χ3n) is 6.46. The molecule has 0 amide bonds. The van der Waals surface area contributed by atoms with Gasteiger partial charge in [0.2, 0.25) is 0 Å². The first-order valence-electron chi connectivity index (χ1n) is 11.1. The molecular formula is C25H34O4Si. The zero-order valence-corrected chi connectivity index (χ0v) is 19.3. The van der Waals surface area contributed by atoms with Crippen molar-refractivity contribution in [1.29, 1.82) is 0 Å². The molecule has 4 atom stereocenters. The smallest absolute Gasteiger partial charge is 0.261 e. The molecule has 0 spiro atoms. The van der Waals surface area contributed by atoms with Crippen molar-refractivity contribution in [2.45, 2.75) is 69.5 Å². The fourth-order valence-electron chi connectivity index (χ4n) is 4.86. The summed E-state index contributed by atoms with van der Waals surface area (Å²) in [6.07, 6.45) is 2.86. The van der Waals surface area contributed by atoms with E-state index < -0.39 is 8.32 Å². The predicted molar refractivity (Wildman–Crippen MR) is 122 cm³/mol. The Morgan fingerprint density at radius 2 is 1.53 bits per heavy atom. The van der Waals surface area contributed by atoms with Crippen molar-refractivity contribution in [2.24, 2.45) is 0 Å². The molecule has 2 aliphatic rings. The van der Waals surface area contributed by atoms with Gasteiger partial charge in [-0.2, -0.15) is 0 Å². The van der Waals surface area contributed by atoms with Crippen LogP contribution in [-0.2, 0) is 13.9 Å². The molecule has 2 aromatic rings. The van der Waals surface area contributed by atoms with Crippen LogP contribution in [0.2, 0.25) is 5.04 Å². The number of epoxide rings is 1. The number of ether oxygens (including phenoxy) is 2. The van der Waals surface area contributed by atoms with Gasteiger partial charge in [-0.1, -0.05) is 81.4 Å². The Balaban J connectivity index is 1.72. The van der Waals surface area contributed by atoms with E-state index >= 15 is 0 Å². The van der Waals surface area contributed by atoms with Gasteiger partial charge < -0.3 is 19.0 Å². The molecule has 0 unspecified atom stereocenters. The Kier molecular flexibility index (Phi) is 6.46. The average molecular weight is 427 g/mol. The Bertz CT molecular complexity index is 765. The highest BCUT2D eigenvalue weighted by Gasteiger charge is 2.53. The van der Waals surface area contributed by atoms with E-state index in [0.29, 0.717) is 0 Å². The maximum Gasteiger partial charge on any atom is 0.261 e. The van der Waals surface area contributed by atoms with E-state index in [1.165, 1.54) is 10.4 Å². The van der Waals surface area contributed by atoms with Gasteiger partial charge >= 0.3 is 0 Å². The zero-order chi connectivity index (χ0) is 21.2. The summed E-state index contributed by atoms with van der Waals surface area (Å²) >= 11 is 0. The maximum atomic E-state index is 9.37. The van der Waals surface area contributed by atoms with Crippen LogP contribution in [0, 0.1) is 0 Å². The van der Waals surface area contributed by atoms with Gasteiger partial charge in [-0.05, 0) is 28.3 Å². The molecule has 0 saturated carbocycles. The second-order valence-electron chi connectivity index (χ2n) is 9.50. The number of hydrogen-bond acceptors (Lipinski definition) is 4. The van der Waals surface area contributed by atoms with Crippen LogP contribution in [0.5, 0.6) is 0 Å². The number of hydrogen-bond donors (Lipinski definition) is 1. The van der Waals surface area contributed by atoms with E-state index in [9.17, 15) is 5.11 Å². The van der Waals surface area contributed by atoms with Crippen molar-refractivity contribution in [2.75, 3.05) is 13.2 Å². The minimum Gasteiger partial charge on any atom is -0.402 e. The second kappa shape index (κ2) is 8.93. The Labute approximate surface area is 181 Å². The van der Waals surface area contributed by atoms with E-state index in [1.54, 1.807) is 0 Å². The fourth-order valence-corrected chi connectivity index (χ4v) is 9.60. The molecule has 4 rings (SSSR count). The van der Waals surface area contributed by atoms with Crippen LogP contribution in [0.4, 0.5) is 0 Å². The number of rotatable bonds is 7. The molecule has 0 aliphatic carbocycles. The van der Waals surface area contributed by atoms with Crippen LogP contribution in [-0.4, -0.2) is 51.1 Å². The van der Waals surface area contributed by atoms with E-state index in [1.807, 2.05) is 0 Å². The molecule has 2 aromatic carbocycles. The van der Waals surface area contributed by atoms with Crippen LogP contribution in [0.3, 0.4) is 0 Å². The summed E-state index contributed by atoms with van der Waals surface area (Å²) in [6.45, 7) is 7.77. The predicted octanol–water partition coefficient (Wildman–Crippen LogP) is 3.26. The molecule has 2 fully saturated rings. The highest BCUT2D eigenvalue weighted by atomic mass is 28.4. The fraction of sp³-hybridized carbons (Fsp3) is 0.520. The molecule has 4 nitrogen and oxygen atoms in total. The van der Waals surface area contributed by atoms with Crippen LogP contribution >= 0.6 is 0 Å². The topological polar surface area (TPSA) is 51.2 Å². The lowest BCUT2D eigenvalue weighted by Gasteiger charge is -2.47. The molecule has 0 bridgehead atoms. The number of benzene rings is 2. The summed E-state index contributed by atoms with van der Waals surface area (Å²) in [4.78, 5) is 0. The summed E-state index contributed by atoms with van der Waals surface area (Å²) in [5, 5.41) is 11.9. The molecule has 2 heterocycles. The second-order valence-corrected chi connectivity index (χ2v) is 13.8. The minimum atomic E-state index is -2.60. The third kappa shape index (κ3) is 4.27. The lowest BCUT2D eigenvalue weighted by atomic mass is 10.0. The monoisotopic (exact) mass is 426 g/mol. The van der Waals surface area contributed by atoms with Gasteiger partial charge in [0.1, 0.15) is 6.10 Å². The maximum absolute atomic E-state index is 9.37. The Morgan fingerprint density at radius 1 is 0.933 bits per heavy atom. The van der Waals surface area contributed by atoms with Crippen molar-refractivity contribution in [3.63, 3.8) is 0 Å². The van der Waals surface area contributed by atoms with Gasteiger partial charge in [-0.3, -0.25) is 0 Å². The van der Waals surface area contributed by atoms with Crippen LogP contribution < -0.4 is 10.4 Å². The van der Waals surface area contributed by atoms with Crippen LogP contribution in [0.25, 0.3) is 0 Å². The van der Waals surface area contributed by atoms with E-state index in [2.05, 4.69) is 81.4 Å². The molecule has 2 aliphatic heterocycles. The largest absolute Gasteiger partial charge is 0.402 e. The Morgan fingerprint density at radius 3 is 2.03 bits per heavy atom. The summed E-state index contributed by atoms with van der Waals surface area (Å²) < 4.78 is 19.1. The first kappa shape index (κ1) is 21.7. The summed E-state index contributed by atoms with van der Waals surface area (Å²) in [7, 11) is -2.60. The summed E-state index contributed by atoms with van der Waals surface area (Å²) in [5.74, 6) is 0. The lowest BCUT2D eigenvalue weighted by molar-refractivity contribution is -0.0720. The first-order chi connectivity index (χ1) is 14.5. The SMILES string of the molecule is CC(C)(C)[Si](O[C@@H]1CCCO[C@H]1C[C@@H]1O[C@H]1CO)(c1ccccc1)c1ccccc1. The quantitative estimate of drug-likeness (QED) is 0.545. The summed E-state index contributed by atoms with van der Waals surface area (Å²) in [6, 6.07) is 21.5. The normalized spacial score (nSPS) is 27.1. The van der Waals surface area contributed by atoms with E-state index in [0.717, 1.165) is 25.9 Å². The number of aliphatic hydroxyl groups is 1. The molecule has 2 saturated heterocycles. The molecule has 5 heteroatoms. The average Bonchev–Trinajstić information content (AvgIpc) is 3.51. The van der Waals surface area contributed by atoms with Crippen molar-refractivity contribution in [3.05, 3.63) is 60.7 Å². The highest BCUT2D eigenvalue weighted by Crippen LogP contribution is 2.40. The van der Waals surface area contributed by atoms with Gasteiger partial charge in [0.15, 0.2) is 0 Å². The van der Waals surface area contributed by atoms with Crippen molar-refractivity contribution in [3.8, 4) is 0 Å². The third-order valence-corrected chi connectivity index (χ3v) is 11.5. The zero-order valence-electron chi connectivity index (χ0n) is 18.3. The lowest BCUT2D eigenvalue weighted by Crippen LogP contribution is -2.68. The van der Waals surface area contributed by atoms with Crippen LogP contribution in [0.1, 0.15) is 40.0 Å². The molecule has 0 aromatic heterocycles. The van der Waals surface area contributed by atoms with Crippen LogP contribution in [0.15, 0.2) is 60.7 Å². The molecule has 162 valence electrons. The molecular weight excluding hydrogens is 392 g/mol. The minimum absolute atomic E-state index is 0.00181. The van der Waals surface area contributed by atoms with Gasteiger partial charge in [-0.15, -0.1) is 0 Å². The molecule has 1 N–H and O–H groups in total. The summed E-state index contributed by atoms with van der Waals surface area (Å²) in [5.41, 5.74) is 0. The van der Waals surface area contributed by atoms with Gasteiger partial charge in [0.05, 0.1) is 24.9 Å². The molecule has 30 heavy (non-hydrogen) atoms. The van der Waals surface area contributed by atoms with Gasteiger partial charge in [-0.25, -0.2) is 0 Å². The highest BCUT2D eigenvalue weighted by molar-refractivity contribution is 6.99. The first-order valence-corrected chi connectivity index (χ1v) is 13.0. The van der Waals surface area contributed by atoms with Crippen molar-refractivity contribution in [1.82, 2.24) is 0 Å². The van der Waals surface area contributed by atoms with Crippen molar-refractivity contribution < 1.29 is 19.0 Å².